The van der Waals surface area contributed by atoms with Gasteiger partial charge in [0.05, 0.1) is 0 Å². The monoisotopic (exact) mass is 245 g/mol. The summed E-state index contributed by atoms with van der Waals surface area (Å²) in [6.07, 6.45) is 0. The highest BCUT2D eigenvalue weighted by atomic mass is 35.5. The van der Waals surface area contributed by atoms with Gasteiger partial charge in [0.25, 0.3) is 5.91 Å². The average Bonchev–Trinajstić information content (AvgIpc) is 2.17. The van der Waals surface area contributed by atoms with Crippen molar-refractivity contribution in [3.8, 4) is 0 Å². The van der Waals surface area contributed by atoms with Crippen LogP contribution in [-0.2, 0) is 0 Å². The first-order chi connectivity index (χ1) is 7.00. The SMILES string of the molecule is CC(Cl)CN(C)C(=O)c1ccc(Cl)cc1. The molecule has 1 unspecified atom stereocenters. The van der Waals surface area contributed by atoms with Crippen LogP contribution in [-0.4, -0.2) is 29.8 Å². The van der Waals surface area contributed by atoms with Crippen LogP contribution in [0.3, 0.4) is 0 Å². The number of carbonyl (C=O) groups excluding carboxylic acids is 1. The second-order valence-corrected chi connectivity index (χ2v) is 4.65. The minimum absolute atomic E-state index is 0.0424. The zero-order valence-corrected chi connectivity index (χ0v) is 10.2. The average molecular weight is 246 g/mol. The maximum atomic E-state index is 11.8. The van der Waals surface area contributed by atoms with Gasteiger partial charge in [-0.3, -0.25) is 4.79 Å². The molecule has 0 saturated carbocycles. The molecule has 0 saturated heterocycles. The Balaban J connectivity index is 2.72. The third-order valence-electron chi connectivity index (χ3n) is 1.96. The van der Waals surface area contributed by atoms with E-state index in [1.807, 2.05) is 6.92 Å². The summed E-state index contributed by atoms with van der Waals surface area (Å²) in [4.78, 5) is 13.4. The van der Waals surface area contributed by atoms with Crippen molar-refractivity contribution < 1.29 is 4.79 Å². The predicted octanol–water partition coefficient (Wildman–Crippen LogP) is 3.04. The molecule has 0 spiro atoms. The fraction of sp³-hybridized carbons (Fsp3) is 0.364. The van der Waals surface area contributed by atoms with E-state index in [2.05, 4.69) is 0 Å². The van der Waals surface area contributed by atoms with Crippen molar-refractivity contribution in [2.75, 3.05) is 13.6 Å². The van der Waals surface area contributed by atoms with E-state index in [1.165, 1.54) is 0 Å². The summed E-state index contributed by atoms with van der Waals surface area (Å²) < 4.78 is 0. The highest BCUT2D eigenvalue weighted by molar-refractivity contribution is 6.30. The van der Waals surface area contributed by atoms with Crippen LogP contribution in [0.15, 0.2) is 24.3 Å². The number of alkyl halides is 1. The molecule has 82 valence electrons. The Morgan fingerprint density at radius 2 is 1.93 bits per heavy atom. The van der Waals surface area contributed by atoms with Gasteiger partial charge >= 0.3 is 0 Å². The number of rotatable bonds is 3. The molecule has 1 amide bonds. The Kier molecular flexibility index (Phi) is 4.43. The van der Waals surface area contributed by atoms with Gasteiger partial charge in [-0.1, -0.05) is 11.6 Å². The lowest BCUT2D eigenvalue weighted by molar-refractivity contribution is 0.0796. The highest BCUT2D eigenvalue weighted by Crippen LogP contribution is 2.11. The van der Waals surface area contributed by atoms with Crippen molar-refractivity contribution >= 4 is 29.1 Å². The van der Waals surface area contributed by atoms with Crippen molar-refractivity contribution in [2.24, 2.45) is 0 Å². The molecule has 0 N–H and O–H groups in total. The summed E-state index contributed by atoms with van der Waals surface area (Å²) in [6.45, 7) is 2.39. The Morgan fingerprint density at radius 3 is 2.40 bits per heavy atom. The number of halogens is 2. The van der Waals surface area contributed by atoms with Crippen LogP contribution >= 0.6 is 23.2 Å². The van der Waals surface area contributed by atoms with E-state index >= 15 is 0 Å². The van der Waals surface area contributed by atoms with Crippen molar-refractivity contribution in [1.82, 2.24) is 4.90 Å². The summed E-state index contributed by atoms with van der Waals surface area (Å²) in [6, 6.07) is 6.82. The molecule has 15 heavy (non-hydrogen) atoms. The van der Waals surface area contributed by atoms with Gasteiger partial charge in [-0.15, -0.1) is 11.6 Å². The minimum Gasteiger partial charge on any atom is -0.340 e. The van der Waals surface area contributed by atoms with Crippen LogP contribution in [0.2, 0.25) is 5.02 Å². The molecule has 2 nitrogen and oxygen atoms in total. The number of amides is 1. The van der Waals surface area contributed by atoms with Gasteiger partial charge < -0.3 is 4.90 Å². The first kappa shape index (κ1) is 12.3. The molecule has 0 aliphatic heterocycles. The Labute approximate surface area is 99.8 Å². The van der Waals surface area contributed by atoms with Crippen molar-refractivity contribution in [3.63, 3.8) is 0 Å². The predicted molar refractivity (Wildman–Crippen MR) is 63.7 cm³/mol. The number of nitrogens with zero attached hydrogens (tertiary/aromatic N) is 1. The Bertz CT molecular complexity index is 335. The van der Waals surface area contributed by atoms with E-state index in [9.17, 15) is 4.79 Å². The van der Waals surface area contributed by atoms with E-state index in [4.69, 9.17) is 23.2 Å². The molecule has 1 rings (SSSR count). The first-order valence-electron chi connectivity index (χ1n) is 4.66. The van der Waals surface area contributed by atoms with Crippen LogP contribution in [0, 0.1) is 0 Å². The highest BCUT2D eigenvalue weighted by Gasteiger charge is 2.12. The summed E-state index contributed by atoms with van der Waals surface area (Å²) in [5.41, 5.74) is 0.624. The largest absolute Gasteiger partial charge is 0.340 e. The molecule has 0 bridgehead atoms. The summed E-state index contributed by atoms with van der Waals surface area (Å²) >= 11 is 11.5. The van der Waals surface area contributed by atoms with Crippen molar-refractivity contribution in [1.29, 1.82) is 0 Å². The van der Waals surface area contributed by atoms with E-state index in [1.54, 1.807) is 36.2 Å². The fourth-order valence-electron chi connectivity index (χ4n) is 1.27. The molecule has 4 heteroatoms. The lowest BCUT2D eigenvalue weighted by atomic mass is 10.2. The summed E-state index contributed by atoms with van der Waals surface area (Å²) in [5.74, 6) is -0.0424. The Hall–Kier alpha value is -0.730. The number of hydrogen-bond acceptors (Lipinski definition) is 1. The van der Waals surface area contributed by atoms with E-state index in [-0.39, 0.29) is 11.3 Å². The molecule has 1 aromatic rings. The van der Waals surface area contributed by atoms with Crippen molar-refractivity contribution in [2.45, 2.75) is 12.3 Å². The molecule has 0 fully saturated rings. The van der Waals surface area contributed by atoms with E-state index < -0.39 is 0 Å². The second-order valence-electron chi connectivity index (χ2n) is 3.47. The normalized spacial score (nSPS) is 12.3. The van der Waals surface area contributed by atoms with Gasteiger partial charge in [0.1, 0.15) is 0 Å². The number of hydrogen-bond donors (Lipinski definition) is 0. The Morgan fingerprint density at radius 1 is 1.40 bits per heavy atom. The van der Waals surface area contributed by atoms with Crippen LogP contribution < -0.4 is 0 Å². The van der Waals surface area contributed by atoms with Gasteiger partial charge in [-0.25, -0.2) is 0 Å². The molecule has 0 aliphatic carbocycles. The van der Waals surface area contributed by atoms with Gasteiger partial charge in [-0.05, 0) is 31.2 Å². The molecule has 0 radical (unpaired) electrons. The van der Waals surface area contributed by atoms with Crippen LogP contribution in [0.25, 0.3) is 0 Å². The summed E-state index contributed by atoms with van der Waals surface area (Å²) in [7, 11) is 1.73. The van der Waals surface area contributed by atoms with Gasteiger partial charge in [0, 0.05) is 29.6 Å². The number of benzene rings is 1. The zero-order valence-electron chi connectivity index (χ0n) is 8.71. The maximum absolute atomic E-state index is 11.8. The van der Waals surface area contributed by atoms with E-state index in [0.717, 1.165) is 0 Å². The third-order valence-corrected chi connectivity index (χ3v) is 2.35. The molecule has 0 aliphatic rings. The molecule has 0 heterocycles. The van der Waals surface area contributed by atoms with Gasteiger partial charge in [0.15, 0.2) is 0 Å². The molecule has 1 atom stereocenters. The topological polar surface area (TPSA) is 20.3 Å². The van der Waals surface area contributed by atoms with Crippen LogP contribution in [0.1, 0.15) is 17.3 Å². The van der Waals surface area contributed by atoms with Gasteiger partial charge in [-0.2, -0.15) is 0 Å². The number of carbonyl (C=O) groups is 1. The lowest BCUT2D eigenvalue weighted by Gasteiger charge is -2.18. The fourth-order valence-corrected chi connectivity index (χ4v) is 1.61. The van der Waals surface area contributed by atoms with Crippen molar-refractivity contribution in [3.05, 3.63) is 34.9 Å². The standard InChI is InChI=1S/C11H13Cl2NO/c1-8(12)7-14(2)11(15)9-3-5-10(13)6-4-9/h3-6,8H,7H2,1-2H3. The second kappa shape index (κ2) is 5.38. The summed E-state index contributed by atoms with van der Waals surface area (Å²) in [5, 5.41) is 0.575. The lowest BCUT2D eigenvalue weighted by Crippen LogP contribution is -2.31. The molecular formula is C11H13Cl2NO. The van der Waals surface area contributed by atoms with Gasteiger partial charge in [0.2, 0.25) is 0 Å². The molecule has 0 aromatic heterocycles. The van der Waals surface area contributed by atoms with Crippen LogP contribution in [0.5, 0.6) is 0 Å². The first-order valence-corrected chi connectivity index (χ1v) is 5.47. The maximum Gasteiger partial charge on any atom is 0.253 e. The third kappa shape index (κ3) is 3.73. The smallest absolute Gasteiger partial charge is 0.253 e. The zero-order chi connectivity index (χ0) is 11.4. The molecular weight excluding hydrogens is 233 g/mol. The van der Waals surface area contributed by atoms with Crippen LogP contribution in [0.4, 0.5) is 0 Å². The van der Waals surface area contributed by atoms with E-state index in [0.29, 0.717) is 17.1 Å². The minimum atomic E-state index is -0.0498. The quantitative estimate of drug-likeness (QED) is 0.750. The molecule has 1 aromatic carbocycles.